The zero-order valence-electron chi connectivity index (χ0n) is 28.9. The van der Waals surface area contributed by atoms with Gasteiger partial charge in [-0.2, -0.15) is 0 Å². The number of H-pyrrole nitrogens is 1. The van der Waals surface area contributed by atoms with Gasteiger partial charge in [0.15, 0.2) is 0 Å². The average molecular weight is 742 g/mol. The molecular weight excluding hydrogens is 699 g/mol. The smallest absolute Gasteiger partial charge is 0.349 e. The van der Waals surface area contributed by atoms with Gasteiger partial charge in [0.1, 0.15) is 11.9 Å². The van der Waals surface area contributed by atoms with Crippen molar-refractivity contribution in [3.8, 4) is 5.75 Å². The first-order valence-corrected chi connectivity index (χ1v) is 19.4. The van der Waals surface area contributed by atoms with Gasteiger partial charge < -0.3 is 39.8 Å². The molecule has 13 heteroatoms. The Morgan fingerprint density at radius 3 is 2.54 bits per heavy atom. The normalized spacial score (nSPS) is 17.2. The van der Waals surface area contributed by atoms with E-state index in [9.17, 15) is 24.9 Å². The highest BCUT2D eigenvalue weighted by Crippen LogP contribution is 2.38. The number of pyridine rings is 1. The van der Waals surface area contributed by atoms with Gasteiger partial charge in [0.2, 0.25) is 11.2 Å². The fourth-order valence-electron chi connectivity index (χ4n) is 7.22. The molecule has 272 valence electrons. The topological polar surface area (TPSA) is 153 Å². The number of carbonyl (C=O) groups excluding carboxylic acids is 1. The summed E-state index contributed by atoms with van der Waals surface area (Å²) in [5.41, 5.74) is 1.89. The van der Waals surface area contributed by atoms with Gasteiger partial charge in [0.25, 0.3) is 0 Å². The van der Waals surface area contributed by atoms with Crippen LogP contribution in [0.4, 0.5) is 0 Å². The van der Waals surface area contributed by atoms with Crippen molar-refractivity contribution in [1.29, 1.82) is 0 Å². The van der Waals surface area contributed by atoms with Crippen LogP contribution in [-0.2, 0) is 28.2 Å². The molecule has 0 unspecified atom stereocenters. The number of fused-ring (bicyclic) bond motifs is 2. The number of aryl methyl sites for hydroxylation is 1. The number of aromatic hydroxyl groups is 1. The molecule has 0 saturated heterocycles. The fraction of sp³-hybridized carbons (Fsp3) is 0.359. The molecule has 0 radical (unpaired) electrons. The Hall–Kier alpha value is -4.37. The number of hydrogen-bond donors (Lipinski definition) is 5. The number of aliphatic hydroxyl groups is 2. The molecule has 2 aromatic carbocycles. The first-order valence-electron chi connectivity index (χ1n) is 17.6. The summed E-state index contributed by atoms with van der Waals surface area (Å²) in [6.45, 7) is 2.61. The van der Waals surface area contributed by atoms with Gasteiger partial charge >= 0.3 is 5.97 Å². The van der Waals surface area contributed by atoms with E-state index in [-0.39, 0.29) is 17.4 Å². The molecule has 7 rings (SSSR count). The summed E-state index contributed by atoms with van der Waals surface area (Å²) in [7, 11) is 2.16. The summed E-state index contributed by atoms with van der Waals surface area (Å²) >= 11 is 2.71. The van der Waals surface area contributed by atoms with E-state index in [2.05, 4.69) is 50.0 Å². The summed E-state index contributed by atoms with van der Waals surface area (Å²) in [6.07, 6.45) is 5.21. The van der Waals surface area contributed by atoms with E-state index in [0.717, 1.165) is 61.8 Å². The number of aliphatic hydroxyl groups excluding tert-OH is 1. The second kappa shape index (κ2) is 15.7. The summed E-state index contributed by atoms with van der Waals surface area (Å²) < 4.78 is 8.13. The molecule has 1 aliphatic rings. The van der Waals surface area contributed by atoms with Crippen LogP contribution in [-0.4, -0.2) is 73.0 Å². The van der Waals surface area contributed by atoms with Crippen LogP contribution < -0.4 is 10.9 Å². The van der Waals surface area contributed by atoms with E-state index in [4.69, 9.17) is 4.74 Å². The van der Waals surface area contributed by atoms with Gasteiger partial charge in [-0.3, -0.25) is 4.79 Å². The van der Waals surface area contributed by atoms with E-state index in [1.165, 1.54) is 34.8 Å². The number of benzene rings is 2. The van der Waals surface area contributed by atoms with E-state index in [1.54, 1.807) is 24.3 Å². The van der Waals surface area contributed by atoms with Gasteiger partial charge in [0.05, 0.1) is 38.7 Å². The van der Waals surface area contributed by atoms with Crippen molar-refractivity contribution in [3.05, 3.63) is 115 Å². The van der Waals surface area contributed by atoms with Crippen LogP contribution in [0.1, 0.15) is 59.1 Å². The number of thiophene rings is 2. The van der Waals surface area contributed by atoms with Crippen LogP contribution >= 0.6 is 22.7 Å². The molecule has 52 heavy (non-hydrogen) atoms. The third kappa shape index (κ3) is 7.56. The number of hydrogen-bond acceptors (Lipinski definition) is 11. The maximum atomic E-state index is 13.4. The first-order chi connectivity index (χ1) is 25.2. The maximum Gasteiger partial charge on any atom is 0.349 e. The summed E-state index contributed by atoms with van der Waals surface area (Å²) in [5, 5.41) is 40.2. The van der Waals surface area contributed by atoms with E-state index < -0.39 is 17.7 Å². The number of ether oxygens (including phenoxy) is 1. The zero-order valence-corrected chi connectivity index (χ0v) is 30.5. The Kier molecular flexibility index (Phi) is 10.9. The van der Waals surface area contributed by atoms with Crippen molar-refractivity contribution < 1.29 is 24.9 Å². The molecule has 4 aromatic heterocycles. The van der Waals surface area contributed by atoms with Crippen LogP contribution in [0, 0.1) is 0 Å². The molecule has 0 amide bonds. The number of carbonyl (C=O) groups is 1. The molecule has 0 spiro atoms. The highest BCUT2D eigenvalue weighted by atomic mass is 32.1. The monoisotopic (exact) mass is 741 g/mol. The number of phenolic OH excluding ortho intramolecular Hbond substituents is 1. The standard InChI is InChI=1S/C39H43N5O6S2/c1-43(26-8-10-27(11-9-26)50-38(48)39(49,34-5-2-19-51-34)35-6-3-20-52-35)17-4-18-44-24-41-30-21-25(7-14-31(30)44)22-40-23-33(46)28-12-15-32(45)37-29(28)13-16-36(47)42-37/h2-3,5-7,12-16,19-21,24,26-27,33,40,45-46,49H,4,8-11,17-18,22-23H2,1H3,(H,42,47)/t26?,27?,33-/m0/s1. The lowest BCUT2D eigenvalue weighted by molar-refractivity contribution is -0.169. The lowest BCUT2D eigenvalue weighted by Crippen LogP contribution is -2.42. The Labute approximate surface area is 309 Å². The number of rotatable bonds is 14. The molecule has 0 bridgehead atoms. The van der Waals surface area contributed by atoms with E-state index in [1.807, 2.05) is 29.2 Å². The SMILES string of the molecule is CN(CCCn1cnc2cc(CNC[C@H](O)c3ccc(O)c4[nH]c(=O)ccc34)ccc21)C1CCC(OC(=O)C(O)(c2cccs2)c2cccs2)CC1. The number of nitrogens with one attached hydrogen (secondary N) is 2. The largest absolute Gasteiger partial charge is 0.506 e. The highest BCUT2D eigenvalue weighted by molar-refractivity contribution is 7.12. The highest BCUT2D eigenvalue weighted by Gasteiger charge is 2.45. The minimum absolute atomic E-state index is 0.0355. The number of nitrogens with zero attached hydrogens (tertiary/aromatic N) is 3. The fourth-order valence-corrected chi connectivity index (χ4v) is 8.93. The summed E-state index contributed by atoms with van der Waals surface area (Å²) in [4.78, 5) is 35.9. The molecule has 4 heterocycles. The molecule has 1 fully saturated rings. The zero-order chi connectivity index (χ0) is 36.2. The lowest BCUT2D eigenvalue weighted by Gasteiger charge is -2.35. The summed E-state index contributed by atoms with van der Waals surface area (Å²) in [6, 6.07) is 20.0. The van der Waals surface area contributed by atoms with Crippen LogP contribution in [0.15, 0.2) is 88.6 Å². The lowest BCUT2D eigenvalue weighted by atomic mass is 9.91. The van der Waals surface area contributed by atoms with E-state index >= 15 is 0 Å². The second-order valence-electron chi connectivity index (χ2n) is 13.5. The molecule has 1 saturated carbocycles. The van der Waals surface area contributed by atoms with Crippen molar-refractivity contribution >= 4 is 50.6 Å². The van der Waals surface area contributed by atoms with Crippen molar-refractivity contribution in [2.75, 3.05) is 20.1 Å². The van der Waals surface area contributed by atoms with Gasteiger partial charge in [-0.25, -0.2) is 9.78 Å². The Bertz CT molecular complexity index is 2140. The molecule has 1 atom stereocenters. The molecule has 6 aromatic rings. The Balaban J connectivity index is 0.861. The second-order valence-corrected chi connectivity index (χ2v) is 15.4. The number of esters is 1. The van der Waals surface area contributed by atoms with Gasteiger partial charge in [-0.1, -0.05) is 24.3 Å². The molecule has 5 N–H and O–H groups in total. The predicted octanol–water partition coefficient (Wildman–Crippen LogP) is 5.64. The number of aromatic nitrogens is 3. The van der Waals surface area contributed by atoms with Crippen LogP contribution in [0.5, 0.6) is 5.75 Å². The minimum Gasteiger partial charge on any atom is -0.506 e. The first kappa shape index (κ1) is 36.0. The predicted molar refractivity (Wildman–Crippen MR) is 204 cm³/mol. The van der Waals surface area contributed by atoms with Crippen molar-refractivity contribution in [2.24, 2.45) is 0 Å². The minimum atomic E-state index is -1.77. The van der Waals surface area contributed by atoms with Gasteiger partial charge in [0, 0.05) is 37.1 Å². The third-order valence-corrected chi connectivity index (χ3v) is 12.1. The van der Waals surface area contributed by atoms with Crippen molar-refractivity contribution in [3.63, 3.8) is 0 Å². The Morgan fingerprint density at radius 1 is 1.08 bits per heavy atom. The van der Waals surface area contributed by atoms with Crippen LogP contribution in [0.25, 0.3) is 21.9 Å². The average Bonchev–Trinajstić information content (AvgIpc) is 3.96. The molecule has 1 aliphatic carbocycles. The van der Waals surface area contributed by atoms with Crippen LogP contribution in [0.2, 0.25) is 0 Å². The molecular formula is C39H43N5O6S2. The molecule has 11 nitrogen and oxygen atoms in total. The maximum absolute atomic E-state index is 13.4. The number of imidazole rings is 1. The van der Waals surface area contributed by atoms with Gasteiger partial charge in [-0.15, -0.1) is 22.7 Å². The number of aromatic amines is 1. The van der Waals surface area contributed by atoms with Crippen molar-refractivity contribution in [2.45, 2.75) is 69.0 Å². The Morgan fingerprint density at radius 2 is 1.83 bits per heavy atom. The van der Waals surface area contributed by atoms with Crippen molar-refractivity contribution in [1.82, 2.24) is 24.8 Å². The molecule has 0 aliphatic heterocycles. The summed E-state index contributed by atoms with van der Waals surface area (Å²) in [5.74, 6) is -0.629. The van der Waals surface area contributed by atoms with Crippen LogP contribution in [0.3, 0.4) is 0 Å². The van der Waals surface area contributed by atoms with E-state index in [0.29, 0.717) is 45.4 Å². The quantitative estimate of drug-likeness (QED) is 0.0894. The number of phenols is 1. The third-order valence-electron chi connectivity index (χ3n) is 10.1. The van der Waals surface area contributed by atoms with Gasteiger partial charge in [-0.05, 0) is 104 Å².